The molecule has 0 unspecified atom stereocenters. The molecule has 0 aromatic heterocycles. The summed E-state index contributed by atoms with van der Waals surface area (Å²) in [6.45, 7) is -0.679. The van der Waals surface area contributed by atoms with Crippen molar-refractivity contribution in [2.24, 2.45) is 0 Å². The highest BCUT2D eigenvalue weighted by Gasteiger charge is 2.33. The van der Waals surface area contributed by atoms with E-state index in [2.05, 4.69) is 21.2 Å². The minimum atomic E-state index is -1.13. The summed E-state index contributed by atoms with van der Waals surface area (Å²) < 4.78 is 6.48. The summed E-state index contributed by atoms with van der Waals surface area (Å²) in [5.74, 6) is -1.48. The van der Waals surface area contributed by atoms with Crippen molar-refractivity contribution < 1.29 is 24.2 Å². The molecule has 0 bridgehead atoms. The summed E-state index contributed by atoms with van der Waals surface area (Å²) in [5, 5.41) is 12.0. The Hall–Kier alpha value is -2.40. The Balaban J connectivity index is 1.57. The van der Waals surface area contributed by atoms with Crippen LogP contribution in [-0.4, -0.2) is 45.3 Å². The molecule has 160 valence electrons. The first-order valence-corrected chi connectivity index (χ1v) is 11.1. The number of thiocarbonyl (C=S) groups is 1. The highest BCUT2D eigenvalue weighted by molar-refractivity contribution is 9.10. The Morgan fingerprint density at radius 2 is 1.97 bits per heavy atom. The Labute approximate surface area is 200 Å². The van der Waals surface area contributed by atoms with Gasteiger partial charge in [0.15, 0.2) is 6.61 Å². The molecular weight excluding hydrogens is 528 g/mol. The molecule has 11 heteroatoms. The number of carboxylic acids is 1. The van der Waals surface area contributed by atoms with Gasteiger partial charge in [0.25, 0.3) is 11.8 Å². The van der Waals surface area contributed by atoms with Crippen molar-refractivity contribution >= 4 is 85.4 Å². The van der Waals surface area contributed by atoms with Crippen LogP contribution in [0, 0.1) is 0 Å². The Bertz CT molecular complexity index is 1090. The number of aliphatic carboxylic acids is 1. The summed E-state index contributed by atoms with van der Waals surface area (Å²) >= 11 is 15.5. The first kappa shape index (κ1) is 23.3. The molecule has 2 amide bonds. The number of carboxylic acid groups (broad SMARTS) is 1. The number of hydrogen-bond donors (Lipinski definition) is 2. The number of benzene rings is 2. The number of rotatable bonds is 7. The first-order chi connectivity index (χ1) is 14.7. The van der Waals surface area contributed by atoms with E-state index < -0.39 is 18.4 Å². The summed E-state index contributed by atoms with van der Waals surface area (Å²) in [4.78, 5) is 36.6. The normalized spacial score (nSPS) is 14.8. The van der Waals surface area contributed by atoms with Gasteiger partial charge in [0.2, 0.25) is 0 Å². The van der Waals surface area contributed by atoms with Crippen LogP contribution in [0.4, 0.5) is 5.69 Å². The summed E-state index contributed by atoms with van der Waals surface area (Å²) in [5.41, 5.74) is 1.18. The van der Waals surface area contributed by atoms with E-state index in [1.807, 2.05) is 0 Å². The molecular formula is C20H14BrClN2O5S2. The zero-order valence-electron chi connectivity index (χ0n) is 15.6. The monoisotopic (exact) mass is 540 g/mol. The number of nitrogens with one attached hydrogen (secondary N) is 1. The molecule has 0 spiro atoms. The standard InChI is InChI=1S/C20H14BrClN2O5S2/c21-12-3-6-15(14(22)8-12)23-17(25)10-29-13-4-1-11(2-5-13)7-16-19(28)24(9-18(26)27)20(30)31-16/h1-8H,9-10H2,(H,23,25)(H,26,27). The van der Waals surface area contributed by atoms with Crippen LogP contribution in [0.2, 0.25) is 5.02 Å². The van der Waals surface area contributed by atoms with Gasteiger partial charge in [-0.1, -0.05) is 63.6 Å². The van der Waals surface area contributed by atoms with Crippen LogP contribution in [0.15, 0.2) is 51.8 Å². The third-order valence-electron chi connectivity index (χ3n) is 3.92. The van der Waals surface area contributed by atoms with E-state index in [9.17, 15) is 14.4 Å². The second kappa shape index (κ2) is 10.3. The van der Waals surface area contributed by atoms with Crippen LogP contribution in [-0.2, 0) is 14.4 Å². The van der Waals surface area contributed by atoms with E-state index in [0.717, 1.165) is 21.1 Å². The molecule has 2 aromatic rings. The van der Waals surface area contributed by atoms with Gasteiger partial charge in [-0.25, -0.2) is 0 Å². The fourth-order valence-corrected chi connectivity index (χ4v) is 4.48. The lowest BCUT2D eigenvalue weighted by Gasteiger charge is -2.10. The lowest BCUT2D eigenvalue weighted by atomic mass is 10.2. The number of nitrogens with zero attached hydrogens (tertiary/aromatic N) is 1. The molecule has 31 heavy (non-hydrogen) atoms. The Morgan fingerprint density at radius 3 is 2.61 bits per heavy atom. The number of hydrogen-bond acceptors (Lipinski definition) is 6. The van der Waals surface area contributed by atoms with E-state index >= 15 is 0 Å². The fraction of sp³-hybridized carbons (Fsp3) is 0.100. The summed E-state index contributed by atoms with van der Waals surface area (Å²) in [6.07, 6.45) is 1.62. The average molecular weight is 542 g/mol. The van der Waals surface area contributed by atoms with Crippen LogP contribution >= 0.6 is 51.5 Å². The second-order valence-corrected chi connectivity index (χ2v) is 9.19. The third kappa shape index (κ3) is 6.30. The van der Waals surface area contributed by atoms with Crippen molar-refractivity contribution in [3.8, 4) is 5.75 Å². The minimum absolute atomic E-state index is 0.204. The molecule has 2 aromatic carbocycles. The number of thioether (sulfide) groups is 1. The highest BCUT2D eigenvalue weighted by atomic mass is 79.9. The van der Waals surface area contributed by atoms with E-state index in [-0.39, 0.29) is 16.8 Å². The molecule has 1 heterocycles. The van der Waals surface area contributed by atoms with Crippen molar-refractivity contribution in [3.05, 3.63) is 62.4 Å². The van der Waals surface area contributed by atoms with Crippen LogP contribution in [0.25, 0.3) is 6.08 Å². The van der Waals surface area contributed by atoms with Crippen molar-refractivity contribution in [2.45, 2.75) is 0 Å². The molecule has 0 radical (unpaired) electrons. The molecule has 1 fully saturated rings. The van der Waals surface area contributed by atoms with E-state index in [1.165, 1.54) is 0 Å². The van der Waals surface area contributed by atoms with Gasteiger partial charge in [-0.05, 0) is 42.0 Å². The maximum Gasteiger partial charge on any atom is 0.323 e. The first-order valence-electron chi connectivity index (χ1n) is 8.68. The molecule has 0 saturated carbocycles. The topological polar surface area (TPSA) is 95.9 Å². The summed E-state index contributed by atoms with van der Waals surface area (Å²) in [7, 11) is 0. The van der Waals surface area contributed by atoms with Crippen molar-refractivity contribution in [2.75, 3.05) is 18.5 Å². The van der Waals surface area contributed by atoms with Crippen LogP contribution in [0.3, 0.4) is 0 Å². The maximum absolute atomic E-state index is 12.3. The van der Waals surface area contributed by atoms with Gasteiger partial charge in [-0.15, -0.1) is 0 Å². The highest BCUT2D eigenvalue weighted by Crippen LogP contribution is 2.32. The van der Waals surface area contributed by atoms with E-state index in [4.69, 9.17) is 33.7 Å². The number of anilines is 1. The molecule has 1 saturated heterocycles. The van der Waals surface area contributed by atoms with Gasteiger partial charge in [0.05, 0.1) is 15.6 Å². The zero-order valence-corrected chi connectivity index (χ0v) is 19.6. The van der Waals surface area contributed by atoms with Crippen molar-refractivity contribution in [3.63, 3.8) is 0 Å². The fourth-order valence-electron chi connectivity index (χ4n) is 2.51. The predicted molar refractivity (Wildman–Crippen MR) is 127 cm³/mol. The molecule has 3 rings (SSSR count). The molecule has 2 N–H and O–H groups in total. The molecule has 0 aliphatic carbocycles. The van der Waals surface area contributed by atoms with Gasteiger partial charge in [-0.2, -0.15) is 0 Å². The van der Waals surface area contributed by atoms with Crippen molar-refractivity contribution in [1.29, 1.82) is 0 Å². The average Bonchev–Trinajstić information content (AvgIpc) is 2.96. The third-order valence-corrected chi connectivity index (χ3v) is 6.10. The van der Waals surface area contributed by atoms with Gasteiger partial charge in [0.1, 0.15) is 16.6 Å². The number of halogens is 2. The molecule has 1 aliphatic heterocycles. The predicted octanol–water partition coefficient (Wildman–Crippen LogP) is 4.41. The van der Waals surface area contributed by atoms with E-state index in [1.54, 1.807) is 48.5 Å². The maximum atomic E-state index is 12.3. The minimum Gasteiger partial charge on any atom is -0.484 e. The molecule has 7 nitrogen and oxygen atoms in total. The number of ether oxygens (including phenoxy) is 1. The number of amides is 2. The number of carbonyl (C=O) groups is 3. The van der Waals surface area contributed by atoms with Crippen LogP contribution in [0.1, 0.15) is 5.56 Å². The smallest absolute Gasteiger partial charge is 0.323 e. The van der Waals surface area contributed by atoms with Gasteiger partial charge in [0, 0.05) is 4.47 Å². The lowest BCUT2D eigenvalue weighted by molar-refractivity contribution is -0.140. The van der Waals surface area contributed by atoms with Crippen LogP contribution < -0.4 is 10.1 Å². The Kier molecular flexibility index (Phi) is 7.71. The quantitative estimate of drug-likeness (QED) is 0.396. The molecule has 0 atom stereocenters. The van der Waals surface area contributed by atoms with Crippen molar-refractivity contribution in [1.82, 2.24) is 4.90 Å². The van der Waals surface area contributed by atoms with Gasteiger partial charge >= 0.3 is 5.97 Å². The largest absolute Gasteiger partial charge is 0.484 e. The lowest BCUT2D eigenvalue weighted by Crippen LogP contribution is -2.33. The number of carbonyl (C=O) groups excluding carboxylic acids is 2. The van der Waals surface area contributed by atoms with Gasteiger partial charge in [-0.3, -0.25) is 19.3 Å². The molecule has 1 aliphatic rings. The SMILES string of the molecule is O=C(O)CN1C(=O)C(=Cc2ccc(OCC(=O)Nc3ccc(Br)cc3Cl)cc2)SC1=S. The van der Waals surface area contributed by atoms with Crippen LogP contribution in [0.5, 0.6) is 5.75 Å². The zero-order chi connectivity index (χ0) is 22.5. The van der Waals surface area contributed by atoms with Gasteiger partial charge < -0.3 is 15.2 Å². The second-order valence-electron chi connectivity index (χ2n) is 6.19. The summed E-state index contributed by atoms with van der Waals surface area (Å²) in [6, 6.07) is 11.8. The Morgan fingerprint density at radius 1 is 1.26 bits per heavy atom. The van der Waals surface area contributed by atoms with E-state index in [0.29, 0.717) is 26.9 Å².